The van der Waals surface area contributed by atoms with E-state index in [1.807, 2.05) is 62.4 Å². The van der Waals surface area contributed by atoms with Gasteiger partial charge < -0.3 is 20.1 Å². The lowest BCUT2D eigenvalue weighted by atomic mass is 9.98. The number of fused-ring (bicyclic) bond motifs is 3. The Balaban J connectivity index is 1.57. The number of hydrogen-bond donors (Lipinski definition) is 3. The van der Waals surface area contributed by atoms with Gasteiger partial charge in [0.1, 0.15) is 6.61 Å². The number of benzene rings is 2. The zero-order valence-corrected chi connectivity index (χ0v) is 18.5. The van der Waals surface area contributed by atoms with E-state index in [0.29, 0.717) is 6.42 Å². The molecule has 0 aliphatic heterocycles. The lowest BCUT2D eigenvalue weighted by molar-refractivity contribution is -0.141. The maximum atomic E-state index is 12.4. The second kappa shape index (κ2) is 9.67. The number of aliphatic carboxylic acids is 1. The first-order valence-electron chi connectivity index (χ1n) is 10.3. The van der Waals surface area contributed by atoms with Gasteiger partial charge in [-0.15, -0.1) is 0 Å². The minimum absolute atomic E-state index is 0.0798. The van der Waals surface area contributed by atoms with Crippen molar-refractivity contribution in [2.75, 3.05) is 19.1 Å². The first kappa shape index (κ1) is 23.0. The lowest BCUT2D eigenvalue weighted by Gasteiger charge is -2.19. The van der Waals surface area contributed by atoms with Crippen LogP contribution < -0.4 is 5.32 Å². The predicted octanol–water partition coefficient (Wildman–Crippen LogP) is 4.50. The van der Waals surface area contributed by atoms with Crippen LogP contribution in [0.3, 0.4) is 0 Å². The van der Waals surface area contributed by atoms with Crippen molar-refractivity contribution in [1.29, 1.82) is 0 Å². The summed E-state index contributed by atoms with van der Waals surface area (Å²) in [5.74, 6) is -2.07. The molecule has 8 heteroatoms. The van der Waals surface area contributed by atoms with E-state index in [0.717, 1.165) is 22.3 Å². The van der Waals surface area contributed by atoms with E-state index in [1.54, 1.807) is 0 Å². The molecule has 1 aliphatic carbocycles. The third-order valence-corrected chi connectivity index (χ3v) is 7.09. The zero-order valence-electron chi connectivity index (χ0n) is 17.7. The SMILES string of the molecule is CC(C)CC(CP(=O)(O)CNC(=O)OCC1c2ccccc2-c2ccccc21)C(=O)O. The van der Waals surface area contributed by atoms with Gasteiger partial charge in [-0.3, -0.25) is 9.36 Å². The van der Waals surface area contributed by atoms with Crippen LogP contribution in [-0.2, 0) is 14.1 Å². The van der Waals surface area contributed by atoms with Gasteiger partial charge >= 0.3 is 12.1 Å². The van der Waals surface area contributed by atoms with E-state index in [9.17, 15) is 24.2 Å². The molecule has 1 amide bonds. The molecular weight excluding hydrogens is 417 g/mol. The van der Waals surface area contributed by atoms with Crippen LogP contribution in [-0.4, -0.2) is 41.1 Å². The number of amides is 1. The summed E-state index contributed by atoms with van der Waals surface area (Å²) in [7, 11) is -3.86. The van der Waals surface area contributed by atoms with Crippen molar-refractivity contribution in [1.82, 2.24) is 5.32 Å². The molecule has 166 valence electrons. The largest absolute Gasteiger partial charge is 0.481 e. The number of carboxylic acid groups (broad SMARTS) is 1. The van der Waals surface area contributed by atoms with Crippen LogP contribution in [0.4, 0.5) is 4.79 Å². The molecule has 2 atom stereocenters. The Morgan fingerprint density at radius 3 is 2.13 bits per heavy atom. The standard InChI is InChI=1S/C23H28NO6P/c1-15(2)11-16(22(25)26)13-31(28,29)14-24-23(27)30-12-21-19-9-5-3-7-17(19)18-8-4-6-10-20(18)21/h3-10,15-16,21H,11-14H2,1-2H3,(H,24,27)(H,25,26)(H,28,29). The van der Waals surface area contributed by atoms with Crippen LogP contribution in [0, 0.1) is 11.8 Å². The minimum Gasteiger partial charge on any atom is -0.481 e. The average Bonchev–Trinajstić information content (AvgIpc) is 3.04. The Morgan fingerprint density at radius 2 is 1.61 bits per heavy atom. The van der Waals surface area contributed by atoms with Crippen LogP contribution >= 0.6 is 7.37 Å². The van der Waals surface area contributed by atoms with Gasteiger partial charge in [0.05, 0.1) is 12.2 Å². The van der Waals surface area contributed by atoms with E-state index < -0.39 is 31.6 Å². The van der Waals surface area contributed by atoms with E-state index in [1.165, 1.54) is 0 Å². The predicted molar refractivity (Wildman–Crippen MR) is 118 cm³/mol. The number of carbonyl (C=O) groups excluding carboxylic acids is 1. The maximum absolute atomic E-state index is 12.4. The smallest absolute Gasteiger partial charge is 0.407 e. The van der Waals surface area contributed by atoms with Crippen molar-refractivity contribution in [3.8, 4) is 11.1 Å². The molecule has 2 aromatic carbocycles. The van der Waals surface area contributed by atoms with Gasteiger partial charge in [0.2, 0.25) is 7.37 Å². The number of alkyl carbamates (subject to hydrolysis) is 1. The van der Waals surface area contributed by atoms with Crippen molar-refractivity contribution in [2.24, 2.45) is 11.8 Å². The van der Waals surface area contributed by atoms with Crippen molar-refractivity contribution in [3.05, 3.63) is 59.7 Å². The topological polar surface area (TPSA) is 113 Å². The molecule has 3 N–H and O–H groups in total. The summed E-state index contributed by atoms with van der Waals surface area (Å²) in [5.41, 5.74) is 4.36. The first-order valence-corrected chi connectivity index (χ1v) is 12.3. The second-order valence-corrected chi connectivity index (χ2v) is 10.7. The monoisotopic (exact) mass is 445 g/mol. The lowest BCUT2D eigenvalue weighted by Crippen LogP contribution is -2.29. The molecule has 0 bridgehead atoms. The second-order valence-electron chi connectivity index (χ2n) is 8.35. The van der Waals surface area contributed by atoms with Crippen LogP contribution in [0.25, 0.3) is 11.1 Å². The summed E-state index contributed by atoms with van der Waals surface area (Å²) in [6.45, 7) is 3.81. The zero-order chi connectivity index (χ0) is 22.6. The van der Waals surface area contributed by atoms with Crippen molar-refractivity contribution in [2.45, 2.75) is 26.2 Å². The van der Waals surface area contributed by atoms with E-state index in [4.69, 9.17) is 4.74 Å². The average molecular weight is 445 g/mol. The van der Waals surface area contributed by atoms with E-state index in [2.05, 4.69) is 5.32 Å². The minimum atomic E-state index is -3.86. The molecule has 2 aromatic rings. The fourth-order valence-electron chi connectivity index (χ4n) is 4.07. The highest BCUT2D eigenvalue weighted by Gasteiger charge is 2.31. The van der Waals surface area contributed by atoms with Gasteiger partial charge in [-0.05, 0) is 34.6 Å². The van der Waals surface area contributed by atoms with Crippen molar-refractivity contribution < 1.29 is 28.9 Å². The summed E-state index contributed by atoms with van der Waals surface area (Å²) >= 11 is 0. The Kier molecular flexibility index (Phi) is 7.19. The van der Waals surface area contributed by atoms with Gasteiger partial charge in [-0.25, -0.2) is 4.79 Å². The first-order chi connectivity index (χ1) is 14.7. The normalized spacial score (nSPS) is 15.6. The van der Waals surface area contributed by atoms with Crippen LogP contribution in [0.1, 0.15) is 37.3 Å². The number of ether oxygens (including phenoxy) is 1. The molecule has 7 nitrogen and oxygen atoms in total. The Hall–Kier alpha value is -2.63. The molecule has 1 aliphatic rings. The van der Waals surface area contributed by atoms with Gasteiger partial charge in [0.15, 0.2) is 0 Å². The quantitative estimate of drug-likeness (QED) is 0.490. The molecule has 0 fully saturated rings. The highest BCUT2D eigenvalue weighted by molar-refractivity contribution is 7.58. The molecule has 0 saturated heterocycles. The molecular formula is C23H28NO6P. The van der Waals surface area contributed by atoms with Gasteiger partial charge in [0, 0.05) is 12.1 Å². The van der Waals surface area contributed by atoms with E-state index in [-0.39, 0.29) is 24.6 Å². The molecule has 0 spiro atoms. The fraction of sp³-hybridized carbons (Fsp3) is 0.391. The Labute approximate surface area is 181 Å². The molecule has 0 aromatic heterocycles. The highest BCUT2D eigenvalue weighted by Crippen LogP contribution is 2.45. The highest BCUT2D eigenvalue weighted by atomic mass is 31.2. The molecule has 31 heavy (non-hydrogen) atoms. The number of carboxylic acids is 1. The van der Waals surface area contributed by atoms with E-state index >= 15 is 0 Å². The molecule has 2 unspecified atom stereocenters. The Morgan fingerprint density at radius 1 is 1.06 bits per heavy atom. The summed E-state index contributed by atoms with van der Waals surface area (Å²) in [5, 5.41) is 11.6. The fourth-order valence-corrected chi connectivity index (χ4v) is 5.57. The summed E-state index contributed by atoms with van der Waals surface area (Å²) in [6.07, 6.45) is -1.41. The van der Waals surface area contributed by atoms with Gasteiger partial charge in [-0.2, -0.15) is 0 Å². The molecule has 0 radical (unpaired) electrons. The summed E-state index contributed by atoms with van der Waals surface area (Å²) in [4.78, 5) is 33.7. The maximum Gasteiger partial charge on any atom is 0.407 e. The van der Waals surface area contributed by atoms with Gasteiger partial charge in [0.25, 0.3) is 0 Å². The summed E-state index contributed by atoms with van der Waals surface area (Å²) in [6, 6.07) is 15.9. The van der Waals surface area contributed by atoms with Crippen LogP contribution in [0.2, 0.25) is 0 Å². The number of hydrogen-bond acceptors (Lipinski definition) is 4. The number of rotatable bonds is 9. The summed E-state index contributed by atoms with van der Waals surface area (Å²) < 4.78 is 17.8. The molecule has 3 rings (SSSR count). The number of carbonyl (C=O) groups is 2. The Bertz CT molecular complexity index is 960. The van der Waals surface area contributed by atoms with Crippen LogP contribution in [0.5, 0.6) is 0 Å². The number of nitrogens with one attached hydrogen (secondary N) is 1. The third-order valence-electron chi connectivity index (χ3n) is 5.42. The molecule has 0 saturated carbocycles. The van der Waals surface area contributed by atoms with Crippen LogP contribution in [0.15, 0.2) is 48.5 Å². The van der Waals surface area contributed by atoms with Gasteiger partial charge in [-0.1, -0.05) is 62.4 Å². The third kappa shape index (κ3) is 5.75. The van der Waals surface area contributed by atoms with Crippen molar-refractivity contribution >= 4 is 19.4 Å². The molecule has 0 heterocycles. The van der Waals surface area contributed by atoms with Crippen molar-refractivity contribution in [3.63, 3.8) is 0 Å².